The van der Waals surface area contributed by atoms with Gasteiger partial charge in [0.05, 0.1) is 12.5 Å². The fraction of sp³-hybridized carbons (Fsp3) is 0.846. The number of hydrogen-bond acceptors (Lipinski definition) is 3. The lowest BCUT2D eigenvalue weighted by molar-refractivity contribution is -0.139. The molecule has 0 radical (unpaired) electrons. The molecule has 3 aliphatic rings. The Kier molecular flexibility index (Phi) is 2.69. The van der Waals surface area contributed by atoms with Crippen molar-refractivity contribution in [2.24, 2.45) is 5.92 Å². The van der Waals surface area contributed by atoms with E-state index in [1.165, 1.54) is 11.3 Å². The van der Waals surface area contributed by atoms with Gasteiger partial charge in [-0.1, -0.05) is 6.92 Å². The molecule has 1 heterocycles. The van der Waals surface area contributed by atoms with Gasteiger partial charge in [-0.2, -0.15) is 0 Å². The van der Waals surface area contributed by atoms with E-state index in [2.05, 4.69) is 12.2 Å². The smallest absolute Gasteiger partial charge is 0.247 e. The molecule has 1 aliphatic heterocycles. The van der Waals surface area contributed by atoms with Gasteiger partial charge in [0.2, 0.25) is 11.8 Å². The molecule has 2 saturated carbocycles. The van der Waals surface area contributed by atoms with Gasteiger partial charge in [-0.05, 0) is 38.0 Å². The number of likely N-dealkylation sites (tertiary alicyclic amines) is 1. The third kappa shape index (κ3) is 2.10. The summed E-state index contributed by atoms with van der Waals surface area (Å²) in [6.45, 7) is 2.25. The highest BCUT2D eigenvalue weighted by Crippen LogP contribution is 2.32. The van der Waals surface area contributed by atoms with Gasteiger partial charge in [0.15, 0.2) is 0 Å². The fourth-order valence-electron chi connectivity index (χ4n) is 3.14. The number of nitrogens with zero attached hydrogens (tertiary/aromatic N) is 1. The van der Waals surface area contributed by atoms with Gasteiger partial charge in [-0.3, -0.25) is 14.5 Å². The molecule has 0 bridgehead atoms. The average Bonchev–Trinajstić information content (AvgIpc) is 2.96. The van der Waals surface area contributed by atoms with Crippen LogP contribution in [0.3, 0.4) is 0 Å². The van der Waals surface area contributed by atoms with Crippen molar-refractivity contribution in [3.63, 3.8) is 0 Å². The second-order valence-corrected chi connectivity index (χ2v) is 5.87. The van der Waals surface area contributed by atoms with E-state index in [-0.39, 0.29) is 23.9 Å². The number of hydrogen-bond donors (Lipinski definition) is 1. The molecule has 0 aromatic carbocycles. The second kappa shape index (κ2) is 4.09. The molecule has 0 aromatic heterocycles. The van der Waals surface area contributed by atoms with E-state index in [1.54, 1.807) is 0 Å². The van der Waals surface area contributed by atoms with Gasteiger partial charge in [-0.15, -0.1) is 0 Å². The van der Waals surface area contributed by atoms with Crippen molar-refractivity contribution in [2.45, 2.75) is 63.6 Å². The molecule has 0 spiro atoms. The van der Waals surface area contributed by atoms with Gasteiger partial charge < -0.3 is 5.32 Å². The molecule has 3 rings (SSSR count). The Bertz CT molecular complexity index is 351. The first kappa shape index (κ1) is 11.2. The van der Waals surface area contributed by atoms with Crippen LogP contribution in [0.25, 0.3) is 0 Å². The Labute approximate surface area is 102 Å². The summed E-state index contributed by atoms with van der Waals surface area (Å²) < 4.78 is 0. The first-order chi connectivity index (χ1) is 8.15. The first-order valence-electron chi connectivity index (χ1n) is 6.77. The first-order valence-corrected chi connectivity index (χ1v) is 6.77. The topological polar surface area (TPSA) is 49.4 Å². The van der Waals surface area contributed by atoms with Gasteiger partial charge in [-0.25, -0.2) is 0 Å². The predicted molar refractivity (Wildman–Crippen MR) is 63.2 cm³/mol. The normalized spacial score (nSPS) is 38.2. The van der Waals surface area contributed by atoms with Gasteiger partial charge >= 0.3 is 0 Å². The van der Waals surface area contributed by atoms with E-state index in [0.717, 1.165) is 31.6 Å². The molecular formula is C13H20N2O2. The number of nitrogens with one attached hydrogen (secondary N) is 1. The standard InChI is InChI=1S/C13H20N2O2/c1-8-2-3-9(6-8)14-11-7-12(16)15(13(11)17)10-4-5-10/h8-11,14H,2-7H2,1H3. The molecule has 2 aliphatic carbocycles. The third-order valence-corrected chi connectivity index (χ3v) is 4.23. The molecule has 3 fully saturated rings. The lowest BCUT2D eigenvalue weighted by Gasteiger charge is -2.18. The molecule has 3 atom stereocenters. The quantitative estimate of drug-likeness (QED) is 0.745. The van der Waals surface area contributed by atoms with E-state index in [9.17, 15) is 9.59 Å². The molecule has 3 unspecified atom stereocenters. The maximum atomic E-state index is 12.1. The maximum absolute atomic E-state index is 12.1. The lowest BCUT2D eigenvalue weighted by Crippen LogP contribution is -2.43. The van der Waals surface area contributed by atoms with E-state index >= 15 is 0 Å². The van der Waals surface area contributed by atoms with Crippen LogP contribution in [0.15, 0.2) is 0 Å². The number of rotatable bonds is 3. The SMILES string of the molecule is CC1CCC(NC2CC(=O)N(C3CC3)C2=O)C1. The van der Waals surface area contributed by atoms with Crippen molar-refractivity contribution in [3.8, 4) is 0 Å². The van der Waals surface area contributed by atoms with Crippen LogP contribution >= 0.6 is 0 Å². The van der Waals surface area contributed by atoms with Crippen LogP contribution in [0.4, 0.5) is 0 Å². The fourth-order valence-corrected chi connectivity index (χ4v) is 3.14. The van der Waals surface area contributed by atoms with Crippen LogP contribution in [-0.4, -0.2) is 34.8 Å². The molecule has 2 amide bonds. The second-order valence-electron chi connectivity index (χ2n) is 5.87. The zero-order valence-electron chi connectivity index (χ0n) is 10.3. The van der Waals surface area contributed by atoms with Crippen molar-refractivity contribution in [2.75, 3.05) is 0 Å². The Morgan fingerprint density at radius 3 is 2.53 bits per heavy atom. The summed E-state index contributed by atoms with van der Waals surface area (Å²) in [6, 6.07) is 0.425. The minimum absolute atomic E-state index is 0.0250. The Balaban J connectivity index is 1.61. The van der Waals surface area contributed by atoms with Crippen molar-refractivity contribution >= 4 is 11.8 Å². The molecule has 1 N–H and O–H groups in total. The monoisotopic (exact) mass is 236 g/mol. The number of imide groups is 1. The molecular weight excluding hydrogens is 216 g/mol. The summed E-state index contributed by atoms with van der Waals surface area (Å²) in [6.07, 6.45) is 5.90. The molecule has 1 saturated heterocycles. The maximum Gasteiger partial charge on any atom is 0.247 e. The number of amides is 2. The van der Waals surface area contributed by atoms with Crippen LogP contribution in [-0.2, 0) is 9.59 Å². The van der Waals surface area contributed by atoms with Crippen LogP contribution in [0, 0.1) is 5.92 Å². The van der Waals surface area contributed by atoms with Gasteiger partial charge in [0.25, 0.3) is 0 Å². The van der Waals surface area contributed by atoms with Gasteiger partial charge in [0.1, 0.15) is 0 Å². The van der Waals surface area contributed by atoms with Crippen molar-refractivity contribution in [1.29, 1.82) is 0 Å². The molecule has 4 nitrogen and oxygen atoms in total. The Morgan fingerprint density at radius 2 is 1.94 bits per heavy atom. The van der Waals surface area contributed by atoms with Crippen molar-refractivity contribution in [1.82, 2.24) is 10.2 Å². The minimum atomic E-state index is -0.238. The average molecular weight is 236 g/mol. The molecule has 94 valence electrons. The summed E-state index contributed by atoms with van der Waals surface area (Å²) in [4.78, 5) is 25.4. The summed E-state index contributed by atoms with van der Waals surface area (Å²) in [5.41, 5.74) is 0. The van der Waals surface area contributed by atoms with Crippen LogP contribution in [0.5, 0.6) is 0 Å². The zero-order valence-corrected chi connectivity index (χ0v) is 10.3. The number of carbonyl (C=O) groups is 2. The summed E-state index contributed by atoms with van der Waals surface area (Å²) in [5, 5.41) is 3.39. The van der Waals surface area contributed by atoms with Crippen molar-refractivity contribution < 1.29 is 9.59 Å². The van der Waals surface area contributed by atoms with E-state index in [4.69, 9.17) is 0 Å². The van der Waals surface area contributed by atoms with E-state index in [1.807, 2.05) is 0 Å². The third-order valence-electron chi connectivity index (χ3n) is 4.23. The summed E-state index contributed by atoms with van der Waals surface area (Å²) >= 11 is 0. The van der Waals surface area contributed by atoms with Crippen LogP contribution < -0.4 is 5.32 Å². The number of carbonyl (C=O) groups excluding carboxylic acids is 2. The van der Waals surface area contributed by atoms with Crippen LogP contribution in [0.1, 0.15) is 45.4 Å². The van der Waals surface area contributed by atoms with Gasteiger partial charge in [0, 0.05) is 12.1 Å². The highest BCUT2D eigenvalue weighted by atomic mass is 16.2. The zero-order chi connectivity index (χ0) is 12.0. The minimum Gasteiger partial charge on any atom is -0.303 e. The molecule has 4 heteroatoms. The summed E-state index contributed by atoms with van der Waals surface area (Å²) in [7, 11) is 0. The highest BCUT2D eigenvalue weighted by molar-refractivity contribution is 6.06. The highest BCUT2D eigenvalue weighted by Gasteiger charge is 2.46. The lowest BCUT2D eigenvalue weighted by atomic mass is 10.1. The molecule has 0 aromatic rings. The molecule has 17 heavy (non-hydrogen) atoms. The Hall–Kier alpha value is -0.900. The summed E-state index contributed by atoms with van der Waals surface area (Å²) in [5.74, 6) is 0.803. The predicted octanol–water partition coefficient (Wildman–Crippen LogP) is 1.05. The largest absolute Gasteiger partial charge is 0.303 e. The van der Waals surface area contributed by atoms with E-state index in [0.29, 0.717) is 12.5 Å². The Morgan fingerprint density at radius 1 is 1.18 bits per heavy atom. The van der Waals surface area contributed by atoms with Crippen molar-refractivity contribution in [3.05, 3.63) is 0 Å². The van der Waals surface area contributed by atoms with Crippen LogP contribution in [0.2, 0.25) is 0 Å². The van der Waals surface area contributed by atoms with E-state index < -0.39 is 0 Å².